The number of alkyl halides is 2. The topological polar surface area (TPSA) is 106 Å². The molecule has 11 nitrogen and oxygen atoms in total. The molecule has 4 heterocycles. The number of imidazole rings is 1. The van der Waals surface area contributed by atoms with Crippen molar-refractivity contribution in [3.8, 4) is 0 Å². The number of hydrogen-bond donors (Lipinski definition) is 1. The zero-order valence-corrected chi connectivity index (χ0v) is 23.1. The molecule has 0 unspecified atom stereocenters. The fourth-order valence-electron chi connectivity index (χ4n) is 5.48. The molecule has 13 heteroatoms. The highest BCUT2D eigenvalue weighted by Crippen LogP contribution is 2.38. The molecule has 2 aliphatic carbocycles. The maximum Gasteiger partial charge on any atom is 0.271 e. The molecule has 2 fully saturated rings. The third-order valence-corrected chi connectivity index (χ3v) is 7.57. The Balaban J connectivity index is 1.40. The second kappa shape index (κ2) is 9.86. The fourth-order valence-corrected chi connectivity index (χ4v) is 5.48. The van der Waals surface area contributed by atoms with Crippen molar-refractivity contribution in [2.45, 2.75) is 70.6 Å². The normalized spacial score (nSPS) is 15.4. The standard InChI is InChI=1S/C27H33F2N9O2/c1-5-36-17(11-22(39)38(15-6-7-15)16-8-9-16)10-18-24-23(30-14-35(24)4)25(32-26(18)36)31-21-12-19(27(40)34(2)3)37(33-21)13-20(28)29/h10,12,14-16,20H,5-9,11,13H2,1-4H3,(H,31,32,33). The van der Waals surface area contributed by atoms with Crippen LogP contribution in [-0.4, -0.2) is 83.1 Å². The Hall–Kier alpha value is -4.03. The molecular weight excluding hydrogens is 520 g/mol. The predicted molar refractivity (Wildman–Crippen MR) is 146 cm³/mol. The Bertz CT molecular complexity index is 1600. The molecule has 2 aliphatic rings. The SMILES string of the molecule is CCn1c(CC(=O)N(C2CC2)C2CC2)cc2c3c(ncn3C)c(Nc3cc(C(=O)N(C)C)n(CC(F)F)n3)nc21. The third kappa shape index (κ3) is 4.66. The van der Waals surface area contributed by atoms with Crippen LogP contribution < -0.4 is 5.32 Å². The van der Waals surface area contributed by atoms with E-state index in [2.05, 4.69) is 20.3 Å². The van der Waals surface area contributed by atoms with Gasteiger partial charge in [-0.1, -0.05) is 0 Å². The Labute approximate surface area is 229 Å². The van der Waals surface area contributed by atoms with Gasteiger partial charge >= 0.3 is 0 Å². The zero-order chi connectivity index (χ0) is 28.3. The Morgan fingerprint density at radius 1 is 1.15 bits per heavy atom. The van der Waals surface area contributed by atoms with Crippen molar-refractivity contribution in [1.82, 2.24) is 38.7 Å². The van der Waals surface area contributed by atoms with E-state index in [0.29, 0.717) is 42.0 Å². The summed E-state index contributed by atoms with van der Waals surface area (Å²) in [6.07, 6.45) is 3.64. The molecule has 212 valence electrons. The van der Waals surface area contributed by atoms with Crippen LogP contribution in [0.3, 0.4) is 0 Å². The van der Waals surface area contributed by atoms with Gasteiger partial charge in [0.25, 0.3) is 12.3 Å². The molecule has 6 rings (SSSR count). The molecule has 4 aromatic rings. The molecule has 0 aliphatic heterocycles. The number of aryl methyl sites for hydroxylation is 2. The van der Waals surface area contributed by atoms with Gasteiger partial charge in [0, 0.05) is 56.9 Å². The maximum atomic E-state index is 13.4. The second-order valence-corrected chi connectivity index (χ2v) is 10.9. The van der Waals surface area contributed by atoms with Gasteiger partial charge in [0.1, 0.15) is 23.4 Å². The first kappa shape index (κ1) is 26.2. The average molecular weight is 554 g/mol. The highest BCUT2D eigenvalue weighted by Gasteiger charge is 2.42. The van der Waals surface area contributed by atoms with Gasteiger partial charge in [0.05, 0.1) is 18.3 Å². The summed E-state index contributed by atoms with van der Waals surface area (Å²) < 4.78 is 31.4. The van der Waals surface area contributed by atoms with E-state index in [1.54, 1.807) is 20.4 Å². The summed E-state index contributed by atoms with van der Waals surface area (Å²) in [5.74, 6) is 0.314. The molecule has 0 radical (unpaired) electrons. The van der Waals surface area contributed by atoms with E-state index in [4.69, 9.17) is 4.98 Å². The van der Waals surface area contributed by atoms with Crippen molar-refractivity contribution in [2.75, 3.05) is 19.4 Å². The van der Waals surface area contributed by atoms with Crippen LogP contribution in [-0.2, 0) is 31.4 Å². The lowest BCUT2D eigenvalue weighted by molar-refractivity contribution is -0.131. The summed E-state index contributed by atoms with van der Waals surface area (Å²) in [6.45, 7) is 1.91. The lowest BCUT2D eigenvalue weighted by Crippen LogP contribution is -2.36. The molecule has 0 aromatic carbocycles. The fraction of sp³-hybridized carbons (Fsp3) is 0.519. The third-order valence-electron chi connectivity index (χ3n) is 7.57. The Morgan fingerprint density at radius 3 is 2.45 bits per heavy atom. The van der Waals surface area contributed by atoms with Crippen LogP contribution in [0, 0.1) is 0 Å². The van der Waals surface area contributed by atoms with Gasteiger partial charge in [-0.05, 0) is 38.7 Å². The largest absolute Gasteiger partial charge is 0.343 e. The van der Waals surface area contributed by atoms with Crippen LogP contribution in [0.25, 0.3) is 22.1 Å². The van der Waals surface area contributed by atoms with Gasteiger partial charge < -0.3 is 24.3 Å². The predicted octanol–water partition coefficient (Wildman–Crippen LogP) is 3.55. The molecule has 2 saturated carbocycles. The Kier molecular flexibility index (Phi) is 6.46. The van der Waals surface area contributed by atoms with Crippen molar-refractivity contribution >= 4 is 45.5 Å². The number of carbonyl (C=O) groups is 2. The molecule has 0 spiro atoms. The highest BCUT2D eigenvalue weighted by molar-refractivity contribution is 6.07. The molecule has 40 heavy (non-hydrogen) atoms. The molecule has 1 N–H and O–H groups in total. The smallest absolute Gasteiger partial charge is 0.271 e. The van der Waals surface area contributed by atoms with Crippen molar-refractivity contribution < 1.29 is 18.4 Å². The number of carbonyl (C=O) groups excluding carboxylic acids is 2. The summed E-state index contributed by atoms with van der Waals surface area (Å²) >= 11 is 0. The molecule has 0 saturated heterocycles. The monoisotopic (exact) mass is 553 g/mol. The minimum absolute atomic E-state index is 0.0414. The number of nitrogens with zero attached hydrogens (tertiary/aromatic N) is 8. The molecular formula is C27H33F2N9O2. The van der Waals surface area contributed by atoms with E-state index >= 15 is 0 Å². The van der Waals surface area contributed by atoms with E-state index in [9.17, 15) is 18.4 Å². The van der Waals surface area contributed by atoms with Gasteiger partial charge in [0.2, 0.25) is 5.91 Å². The van der Waals surface area contributed by atoms with Crippen LogP contribution >= 0.6 is 0 Å². The number of nitrogens with one attached hydrogen (secondary N) is 1. The van der Waals surface area contributed by atoms with Crippen LogP contribution in [0.5, 0.6) is 0 Å². The van der Waals surface area contributed by atoms with Crippen molar-refractivity contribution in [2.24, 2.45) is 7.05 Å². The van der Waals surface area contributed by atoms with E-state index in [1.165, 1.54) is 11.0 Å². The number of hydrogen-bond acceptors (Lipinski definition) is 6. The Morgan fingerprint density at radius 2 is 1.85 bits per heavy atom. The first-order valence-electron chi connectivity index (χ1n) is 13.6. The number of amides is 2. The number of anilines is 2. The van der Waals surface area contributed by atoms with Crippen LogP contribution in [0.2, 0.25) is 0 Å². The van der Waals surface area contributed by atoms with E-state index in [-0.39, 0.29) is 17.4 Å². The summed E-state index contributed by atoms with van der Waals surface area (Å²) in [4.78, 5) is 38.9. The minimum Gasteiger partial charge on any atom is -0.343 e. The molecule has 2 amide bonds. The number of halogens is 2. The first-order valence-corrected chi connectivity index (χ1v) is 13.6. The molecule has 0 bridgehead atoms. The minimum atomic E-state index is -2.68. The summed E-state index contributed by atoms with van der Waals surface area (Å²) in [7, 11) is 5.00. The summed E-state index contributed by atoms with van der Waals surface area (Å²) in [5, 5.41) is 8.24. The highest BCUT2D eigenvalue weighted by atomic mass is 19.3. The van der Waals surface area contributed by atoms with Gasteiger partial charge in [-0.25, -0.2) is 18.7 Å². The molecule has 4 aromatic heterocycles. The van der Waals surface area contributed by atoms with Gasteiger partial charge in [-0.15, -0.1) is 0 Å². The zero-order valence-electron chi connectivity index (χ0n) is 23.1. The first-order chi connectivity index (χ1) is 19.2. The van der Waals surface area contributed by atoms with Crippen molar-refractivity contribution in [3.05, 3.63) is 29.8 Å². The lowest BCUT2D eigenvalue weighted by atomic mass is 10.2. The average Bonchev–Trinajstić information content (AvgIpc) is 3.81. The number of rotatable bonds is 10. The van der Waals surface area contributed by atoms with Gasteiger partial charge in [-0.3, -0.25) is 14.3 Å². The van der Waals surface area contributed by atoms with Crippen molar-refractivity contribution in [1.29, 1.82) is 0 Å². The van der Waals surface area contributed by atoms with E-state index in [0.717, 1.165) is 47.0 Å². The summed E-state index contributed by atoms with van der Waals surface area (Å²) in [5.41, 5.74) is 3.01. The quantitative estimate of drug-likeness (QED) is 0.322. The maximum absolute atomic E-state index is 13.4. The second-order valence-electron chi connectivity index (χ2n) is 10.9. The summed E-state index contributed by atoms with van der Waals surface area (Å²) in [6, 6.07) is 4.23. The van der Waals surface area contributed by atoms with Gasteiger partial charge in [-0.2, -0.15) is 5.10 Å². The van der Waals surface area contributed by atoms with Gasteiger partial charge in [0.15, 0.2) is 11.6 Å². The molecule has 0 atom stereocenters. The number of fused-ring (bicyclic) bond motifs is 3. The van der Waals surface area contributed by atoms with E-state index < -0.39 is 18.9 Å². The van der Waals surface area contributed by atoms with Crippen LogP contribution in [0.1, 0.15) is 48.8 Å². The number of aromatic nitrogens is 6. The van der Waals surface area contributed by atoms with Crippen LogP contribution in [0.15, 0.2) is 18.5 Å². The lowest BCUT2D eigenvalue weighted by Gasteiger charge is -2.22. The van der Waals surface area contributed by atoms with E-state index in [1.807, 2.05) is 29.2 Å². The van der Waals surface area contributed by atoms with Crippen LogP contribution in [0.4, 0.5) is 20.4 Å². The van der Waals surface area contributed by atoms with Crippen molar-refractivity contribution in [3.63, 3.8) is 0 Å². The number of pyridine rings is 1.